The number of ether oxygens (including phenoxy) is 1. The van der Waals surface area contributed by atoms with Crippen molar-refractivity contribution in [2.45, 2.75) is 20.5 Å². The van der Waals surface area contributed by atoms with Gasteiger partial charge < -0.3 is 14.2 Å². The van der Waals surface area contributed by atoms with Crippen molar-refractivity contribution in [3.05, 3.63) is 76.9 Å². The SMILES string of the molecule is Cc1noc(C)c1COc1ccc(/C=C(\C#N)c2nc3ccccc3[nH]2)cc1. The molecule has 0 aliphatic heterocycles. The Morgan fingerprint density at radius 2 is 1.96 bits per heavy atom. The summed E-state index contributed by atoms with van der Waals surface area (Å²) in [5, 5.41) is 13.5. The molecule has 0 aliphatic carbocycles. The quantitative estimate of drug-likeness (QED) is 0.509. The zero-order valence-electron chi connectivity index (χ0n) is 15.6. The fraction of sp³-hybridized carbons (Fsp3) is 0.136. The van der Waals surface area contributed by atoms with Crippen molar-refractivity contribution in [3.63, 3.8) is 0 Å². The average Bonchev–Trinajstić information content (AvgIpc) is 3.28. The molecule has 0 bridgehead atoms. The van der Waals surface area contributed by atoms with E-state index in [-0.39, 0.29) is 0 Å². The van der Waals surface area contributed by atoms with Crippen molar-refractivity contribution >= 4 is 22.7 Å². The predicted molar refractivity (Wildman–Crippen MR) is 106 cm³/mol. The van der Waals surface area contributed by atoms with Gasteiger partial charge in [-0.15, -0.1) is 0 Å². The highest BCUT2D eigenvalue weighted by Gasteiger charge is 2.10. The largest absolute Gasteiger partial charge is 0.489 e. The molecule has 0 spiro atoms. The van der Waals surface area contributed by atoms with Crippen molar-refractivity contribution in [3.8, 4) is 11.8 Å². The lowest BCUT2D eigenvalue weighted by molar-refractivity contribution is 0.301. The Morgan fingerprint density at radius 1 is 1.18 bits per heavy atom. The standard InChI is InChI=1S/C22H18N4O2/c1-14-19(15(2)28-26-14)13-27-18-9-7-16(8-10-18)11-17(12-23)22-24-20-5-3-4-6-21(20)25-22/h3-11H,13H2,1-2H3,(H,24,25)/b17-11+. The van der Waals surface area contributed by atoms with Crippen LogP contribution in [-0.4, -0.2) is 15.1 Å². The first-order valence-corrected chi connectivity index (χ1v) is 8.85. The van der Waals surface area contributed by atoms with Crippen LogP contribution in [0.4, 0.5) is 0 Å². The second-order valence-corrected chi connectivity index (χ2v) is 6.43. The molecule has 0 aliphatic rings. The number of aromatic nitrogens is 3. The second-order valence-electron chi connectivity index (χ2n) is 6.43. The fourth-order valence-corrected chi connectivity index (χ4v) is 2.92. The fourth-order valence-electron chi connectivity index (χ4n) is 2.92. The molecule has 0 saturated carbocycles. The first-order chi connectivity index (χ1) is 13.6. The smallest absolute Gasteiger partial charge is 0.149 e. The first-order valence-electron chi connectivity index (χ1n) is 8.85. The molecule has 0 amide bonds. The molecule has 138 valence electrons. The number of hydrogen-bond acceptors (Lipinski definition) is 5. The summed E-state index contributed by atoms with van der Waals surface area (Å²) in [4.78, 5) is 7.67. The van der Waals surface area contributed by atoms with E-state index in [0.717, 1.165) is 39.4 Å². The molecule has 2 heterocycles. The Hall–Kier alpha value is -3.85. The van der Waals surface area contributed by atoms with Crippen LogP contribution in [0.2, 0.25) is 0 Å². The molecule has 0 radical (unpaired) electrons. The summed E-state index contributed by atoms with van der Waals surface area (Å²) in [6.07, 6.45) is 1.80. The number of fused-ring (bicyclic) bond motifs is 1. The first kappa shape index (κ1) is 17.6. The van der Waals surface area contributed by atoms with Crippen LogP contribution in [0.15, 0.2) is 53.1 Å². The Labute approximate surface area is 162 Å². The van der Waals surface area contributed by atoms with E-state index in [4.69, 9.17) is 9.26 Å². The van der Waals surface area contributed by atoms with E-state index < -0.39 is 0 Å². The lowest BCUT2D eigenvalue weighted by Gasteiger charge is -2.06. The molecule has 1 N–H and O–H groups in total. The van der Waals surface area contributed by atoms with Crippen molar-refractivity contribution in [1.82, 2.24) is 15.1 Å². The zero-order chi connectivity index (χ0) is 19.5. The van der Waals surface area contributed by atoms with Gasteiger partial charge in [0.05, 0.1) is 27.9 Å². The van der Waals surface area contributed by atoms with Crippen LogP contribution in [0.5, 0.6) is 5.75 Å². The molecule has 4 aromatic rings. The molecule has 0 atom stereocenters. The number of nitrogens with zero attached hydrogens (tertiary/aromatic N) is 3. The van der Waals surface area contributed by atoms with Crippen molar-refractivity contribution < 1.29 is 9.26 Å². The average molecular weight is 370 g/mol. The van der Waals surface area contributed by atoms with Gasteiger partial charge in [0.1, 0.15) is 30.0 Å². The van der Waals surface area contributed by atoms with Crippen molar-refractivity contribution in [1.29, 1.82) is 5.26 Å². The number of H-pyrrole nitrogens is 1. The van der Waals surface area contributed by atoms with Crippen LogP contribution < -0.4 is 4.74 Å². The number of para-hydroxylation sites is 2. The summed E-state index contributed by atoms with van der Waals surface area (Å²) in [5.74, 6) is 2.06. The van der Waals surface area contributed by atoms with E-state index >= 15 is 0 Å². The molecule has 6 heteroatoms. The molecular formula is C22H18N4O2. The highest BCUT2D eigenvalue weighted by Crippen LogP contribution is 2.22. The topological polar surface area (TPSA) is 87.7 Å². The van der Waals surface area contributed by atoms with Gasteiger partial charge in [-0.3, -0.25) is 0 Å². The minimum Gasteiger partial charge on any atom is -0.489 e. The van der Waals surface area contributed by atoms with E-state index in [0.29, 0.717) is 18.0 Å². The summed E-state index contributed by atoms with van der Waals surface area (Å²) in [6.45, 7) is 4.16. The zero-order valence-corrected chi connectivity index (χ0v) is 15.6. The number of nitriles is 1. The van der Waals surface area contributed by atoms with Gasteiger partial charge in [0.2, 0.25) is 0 Å². The molecule has 0 unspecified atom stereocenters. The second kappa shape index (κ2) is 7.41. The summed E-state index contributed by atoms with van der Waals surface area (Å²) >= 11 is 0. The summed E-state index contributed by atoms with van der Waals surface area (Å²) in [5.41, 5.74) is 4.90. The van der Waals surface area contributed by atoms with Gasteiger partial charge in [0, 0.05) is 0 Å². The number of benzene rings is 2. The van der Waals surface area contributed by atoms with Gasteiger partial charge in [-0.05, 0) is 49.8 Å². The van der Waals surface area contributed by atoms with Gasteiger partial charge in [-0.1, -0.05) is 29.4 Å². The number of aryl methyl sites for hydroxylation is 2. The van der Waals surface area contributed by atoms with Gasteiger partial charge in [-0.2, -0.15) is 5.26 Å². The molecule has 4 rings (SSSR count). The maximum atomic E-state index is 9.54. The maximum Gasteiger partial charge on any atom is 0.149 e. The molecule has 2 aromatic heterocycles. The van der Waals surface area contributed by atoms with Crippen LogP contribution in [0.1, 0.15) is 28.4 Å². The number of rotatable bonds is 5. The normalized spacial score (nSPS) is 11.5. The Kier molecular flexibility index (Phi) is 4.65. The van der Waals surface area contributed by atoms with Gasteiger partial charge in [0.15, 0.2) is 0 Å². The van der Waals surface area contributed by atoms with Gasteiger partial charge >= 0.3 is 0 Å². The van der Waals surface area contributed by atoms with Crippen molar-refractivity contribution in [2.75, 3.05) is 0 Å². The van der Waals surface area contributed by atoms with Gasteiger partial charge in [0.25, 0.3) is 0 Å². The van der Waals surface area contributed by atoms with Crippen LogP contribution in [-0.2, 0) is 6.61 Å². The third-order valence-electron chi connectivity index (χ3n) is 4.52. The molecule has 0 saturated heterocycles. The Bertz CT molecular complexity index is 1140. The maximum absolute atomic E-state index is 9.54. The highest BCUT2D eigenvalue weighted by atomic mass is 16.5. The van der Waals surface area contributed by atoms with Crippen LogP contribution in [0.3, 0.4) is 0 Å². The third-order valence-corrected chi connectivity index (χ3v) is 4.52. The Morgan fingerprint density at radius 3 is 2.64 bits per heavy atom. The monoisotopic (exact) mass is 370 g/mol. The number of nitrogens with one attached hydrogen (secondary N) is 1. The molecule has 2 aromatic carbocycles. The molecular weight excluding hydrogens is 352 g/mol. The number of imidazole rings is 1. The van der Waals surface area contributed by atoms with E-state index in [1.165, 1.54) is 0 Å². The summed E-state index contributed by atoms with van der Waals surface area (Å²) < 4.78 is 11.0. The lowest BCUT2D eigenvalue weighted by atomic mass is 10.1. The number of aromatic amines is 1. The predicted octanol–water partition coefficient (Wildman–Crippen LogP) is 4.81. The third kappa shape index (κ3) is 3.51. The Balaban J connectivity index is 1.51. The summed E-state index contributed by atoms with van der Waals surface area (Å²) in [6, 6.07) is 17.5. The minimum atomic E-state index is 0.402. The number of allylic oxidation sites excluding steroid dienone is 1. The highest BCUT2D eigenvalue weighted by molar-refractivity contribution is 5.90. The summed E-state index contributed by atoms with van der Waals surface area (Å²) in [7, 11) is 0. The molecule has 0 fully saturated rings. The van der Waals surface area contributed by atoms with Crippen LogP contribution in [0.25, 0.3) is 22.7 Å². The van der Waals surface area contributed by atoms with E-state index in [2.05, 4.69) is 21.2 Å². The van der Waals surface area contributed by atoms with E-state index in [9.17, 15) is 5.26 Å². The molecule has 28 heavy (non-hydrogen) atoms. The number of hydrogen-bond donors (Lipinski definition) is 1. The van der Waals surface area contributed by atoms with Crippen molar-refractivity contribution in [2.24, 2.45) is 0 Å². The van der Waals surface area contributed by atoms with Crippen LogP contribution in [0, 0.1) is 25.2 Å². The molecule has 6 nitrogen and oxygen atoms in total. The van der Waals surface area contributed by atoms with Gasteiger partial charge in [-0.25, -0.2) is 4.98 Å². The van der Waals surface area contributed by atoms with E-state index in [1.807, 2.05) is 62.4 Å². The minimum absolute atomic E-state index is 0.402. The van der Waals surface area contributed by atoms with Crippen LogP contribution >= 0.6 is 0 Å². The lowest BCUT2D eigenvalue weighted by Crippen LogP contribution is -1.97. The van der Waals surface area contributed by atoms with E-state index in [1.54, 1.807) is 6.08 Å².